The first kappa shape index (κ1) is 42.9. The number of rotatable bonds is 18. The first-order valence-electron chi connectivity index (χ1n) is 17.3. The summed E-state index contributed by atoms with van der Waals surface area (Å²) in [4.78, 5) is 24.7. The molecule has 1 fully saturated rings. The number of nitrogens with one attached hydrogen (secondary N) is 1. The zero-order valence-corrected chi connectivity index (χ0v) is 31.0. The molecule has 1 aromatic rings. The number of aliphatic hydroxyl groups excluding tert-OH is 4. The minimum Gasteiger partial charge on any atom is -0.462 e. The average molecular weight is 720 g/mol. The highest BCUT2D eigenvalue weighted by atomic mass is 32.2. The summed E-state index contributed by atoms with van der Waals surface area (Å²) in [5.74, 6) is -3.25. The summed E-state index contributed by atoms with van der Waals surface area (Å²) in [6.45, 7) is 16.1. The van der Waals surface area contributed by atoms with E-state index in [1.807, 2.05) is 37.6 Å². The molecule has 0 unspecified atom stereocenters. The van der Waals surface area contributed by atoms with Gasteiger partial charge in [0.2, 0.25) is 0 Å². The Labute approximate surface area is 297 Å². The van der Waals surface area contributed by atoms with E-state index in [4.69, 9.17) is 9.47 Å². The smallest absolute Gasteiger partial charge is 0.421 e. The van der Waals surface area contributed by atoms with Crippen molar-refractivity contribution in [2.24, 2.45) is 41.4 Å². The quantitative estimate of drug-likeness (QED) is 0.0794. The molecule has 0 bridgehead atoms. The number of benzene rings is 1. The van der Waals surface area contributed by atoms with E-state index in [9.17, 15) is 38.4 Å². The van der Waals surface area contributed by atoms with Crippen LogP contribution in [-0.4, -0.2) is 77.5 Å². The fourth-order valence-electron chi connectivity index (χ4n) is 6.10. The van der Waals surface area contributed by atoms with Crippen molar-refractivity contribution in [1.29, 1.82) is 0 Å². The predicted molar refractivity (Wildman–Crippen MR) is 192 cm³/mol. The summed E-state index contributed by atoms with van der Waals surface area (Å²) in [5.41, 5.74) is 0. The van der Waals surface area contributed by atoms with Crippen LogP contribution in [0.4, 0.5) is 4.79 Å². The third-order valence-corrected chi connectivity index (χ3v) is 11.0. The highest BCUT2D eigenvalue weighted by Crippen LogP contribution is 2.30. The Kier molecular flexibility index (Phi) is 17.1. The summed E-state index contributed by atoms with van der Waals surface area (Å²) in [6.07, 6.45) is 6.51. The largest absolute Gasteiger partial charge is 0.462 e. The van der Waals surface area contributed by atoms with E-state index >= 15 is 0 Å². The lowest BCUT2D eigenvalue weighted by Gasteiger charge is -2.36. The first-order chi connectivity index (χ1) is 23.4. The molecule has 1 saturated heterocycles. The Hall–Kier alpha value is -3.29. The van der Waals surface area contributed by atoms with Crippen LogP contribution in [-0.2, 0) is 24.3 Å². The Morgan fingerprint density at radius 3 is 2.20 bits per heavy atom. The lowest BCUT2D eigenvalue weighted by molar-refractivity contribution is -0.179. The maximum absolute atomic E-state index is 12.8. The molecule has 0 aromatic heterocycles. The van der Waals surface area contributed by atoms with Crippen molar-refractivity contribution in [2.75, 3.05) is 0 Å². The molecule has 0 radical (unpaired) electrons. The Morgan fingerprint density at radius 2 is 1.58 bits per heavy atom. The first-order valence-corrected chi connectivity index (χ1v) is 18.7. The van der Waals surface area contributed by atoms with Crippen LogP contribution in [0.1, 0.15) is 61.3 Å². The van der Waals surface area contributed by atoms with Crippen molar-refractivity contribution < 1.29 is 47.9 Å². The number of esters is 1. The molecule has 50 heavy (non-hydrogen) atoms. The van der Waals surface area contributed by atoms with E-state index in [2.05, 4.69) is 6.58 Å². The summed E-state index contributed by atoms with van der Waals surface area (Å²) in [6, 6.07) is 7.46. The summed E-state index contributed by atoms with van der Waals surface area (Å²) < 4.78 is 38.3. The zero-order valence-electron chi connectivity index (χ0n) is 30.2. The van der Waals surface area contributed by atoms with Crippen molar-refractivity contribution in [1.82, 2.24) is 4.72 Å². The van der Waals surface area contributed by atoms with E-state index in [0.29, 0.717) is 6.42 Å². The number of ether oxygens (including phenoxy) is 2. The SMILES string of the molecule is C=C/C=C\[C@H](C)[C@H](OC(=O)NS(=O)(=O)c1ccccc1)[C@@H](C)[C@H](O)[C@@H](C)C/C=C\[C@H](C)[C@@H](O)[C@@H](C)/C=C\[C@@H](O)C[C@@H]1OC(=O)[C@H](C)[C@@H](O)[C@H]1C. The van der Waals surface area contributed by atoms with Gasteiger partial charge in [-0.25, -0.2) is 17.9 Å². The molecule has 1 heterocycles. The van der Waals surface area contributed by atoms with Crippen LogP contribution in [0.5, 0.6) is 0 Å². The monoisotopic (exact) mass is 719 g/mol. The number of hydrogen-bond acceptors (Lipinski definition) is 10. The standard InChI is InChI=1S/C38H57NO10S/c1-9-10-15-26(5)36(49-38(45)39-50(46,47)31-18-12-11-13-19-31)28(7)34(42)24(3)17-14-16-23(2)33(41)25(4)20-21-30(40)22-32-27(6)35(43)29(8)37(44)48-32/h9-16,18-21,23-30,32-36,40-43H,1,17,22H2,2-8H3,(H,39,45)/b15-10-,16-14-,21-20-/t23-,24-,25-,26-,27-,28-,29+,30+,32-,33+,34+,35-,36-/m0/s1. The Bertz CT molecular complexity index is 1430. The molecule has 1 amide bonds. The number of cyclic esters (lactones) is 1. The van der Waals surface area contributed by atoms with Gasteiger partial charge < -0.3 is 29.9 Å². The fraction of sp³-hybridized carbons (Fsp3) is 0.579. The minimum absolute atomic E-state index is 0.0849. The summed E-state index contributed by atoms with van der Waals surface area (Å²) >= 11 is 0. The lowest BCUT2D eigenvalue weighted by Crippen LogP contribution is -2.47. The third kappa shape index (κ3) is 12.5. The second-order valence-electron chi connectivity index (χ2n) is 13.8. The van der Waals surface area contributed by atoms with Crippen LogP contribution < -0.4 is 4.72 Å². The van der Waals surface area contributed by atoms with Gasteiger partial charge in [0.1, 0.15) is 12.2 Å². The van der Waals surface area contributed by atoms with Gasteiger partial charge in [-0.3, -0.25) is 4.79 Å². The van der Waals surface area contributed by atoms with Crippen LogP contribution in [0.15, 0.2) is 84.3 Å². The summed E-state index contributed by atoms with van der Waals surface area (Å²) in [5, 5.41) is 43.0. The molecule has 0 aliphatic carbocycles. The number of sulfonamides is 1. The highest BCUT2D eigenvalue weighted by Gasteiger charge is 2.41. The van der Waals surface area contributed by atoms with Crippen LogP contribution >= 0.6 is 0 Å². The average Bonchev–Trinajstić information content (AvgIpc) is 3.08. The molecule has 1 aromatic carbocycles. The van der Waals surface area contributed by atoms with Gasteiger partial charge in [-0.1, -0.05) is 109 Å². The van der Waals surface area contributed by atoms with Crippen molar-refractivity contribution >= 4 is 22.1 Å². The normalized spacial score (nSPS) is 25.6. The molecule has 12 heteroatoms. The molecule has 0 saturated carbocycles. The maximum Gasteiger partial charge on any atom is 0.421 e. The number of amides is 1. The van der Waals surface area contributed by atoms with Gasteiger partial charge in [-0.15, -0.1) is 0 Å². The van der Waals surface area contributed by atoms with E-state index in [0.717, 1.165) is 0 Å². The van der Waals surface area contributed by atoms with Gasteiger partial charge >= 0.3 is 12.1 Å². The van der Waals surface area contributed by atoms with E-state index in [1.165, 1.54) is 12.1 Å². The number of carbonyl (C=O) groups is 2. The van der Waals surface area contributed by atoms with Crippen LogP contribution in [0.25, 0.3) is 0 Å². The van der Waals surface area contributed by atoms with Crippen LogP contribution in [0.3, 0.4) is 0 Å². The van der Waals surface area contributed by atoms with Gasteiger partial charge in [0.15, 0.2) is 0 Å². The Morgan fingerprint density at radius 1 is 0.960 bits per heavy atom. The minimum atomic E-state index is -4.16. The molecule has 11 nitrogen and oxygen atoms in total. The number of hydrogen-bond donors (Lipinski definition) is 5. The molecule has 5 N–H and O–H groups in total. The van der Waals surface area contributed by atoms with Gasteiger partial charge in [-0.05, 0) is 31.4 Å². The zero-order chi connectivity index (χ0) is 37.8. The van der Waals surface area contributed by atoms with E-state index in [1.54, 1.807) is 76.3 Å². The highest BCUT2D eigenvalue weighted by molar-refractivity contribution is 7.90. The van der Waals surface area contributed by atoms with Crippen molar-refractivity contribution in [3.63, 3.8) is 0 Å². The molecular formula is C38H57NO10S. The summed E-state index contributed by atoms with van der Waals surface area (Å²) in [7, 11) is -4.16. The predicted octanol–water partition coefficient (Wildman–Crippen LogP) is 4.93. The van der Waals surface area contributed by atoms with E-state index < -0.39 is 70.5 Å². The number of allylic oxidation sites excluding steroid dienone is 3. The number of aliphatic hydroxyl groups is 4. The van der Waals surface area contributed by atoms with Crippen molar-refractivity contribution in [3.8, 4) is 0 Å². The second-order valence-corrected chi connectivity index (χ2v) is 15.5. The molecule has 1 aliphatic heterocycles. The van der Waals surface area contributed by atoms with Crippen LogP contribution in [0, 0.1) is 41.4 Å². The molecular weight excluding hydrogens is 662 g/mol. The number of carbonyl (C=O) groups excluding carboxylic acids is 2. The topological polar surface area (TPSA) is 180 Å². The molecule has 1 aliphatic rings. The molecule has 0 spiro atoms. The van der Waals surface area contributed by atoms with E-state index in [-0.39, 0.29) is 40.9 Å². The van der Waals surface area contributed by atoms with Crippen molar-refractivity contribution in [2.45, 2.75) is 103 Å². The molecule has 2 rings (SSSR count). The van der Waals surface area contributed by atoms with Gasteiger partial charge in [0.05, 0.1) is 35.2 Å². The van der Waals surface area contributed by atoms with Crippen molar-refractivity contribution in [3.05, 3.63) is 79.4 Å². The van der Waals surface area contributed by atoms with Gasteiger partial charge in [0, 0.05) is 36.0 Å². The fourth-order valence-corrected chi connectivity index (χ4v) is 7.00. The lowest BCUT2D eigenvalue weighted by atomic mass is 9.82. The van der Waals surface area contributed by atoms with Gasteiger partial charge in [-0.2, -0.15) is 0 Å². The van der Waals surface area contributed by atoms with Crippen LogP contribution in [0.2, 0.25) is 0 Å². The van der Waals surface area contributed by atoms with Gasteiger partial charge in [0.25, 0.3) is 10.0 Å². The Balaban J connectivity index is 1.98. The molecule has 13 atom stereocenters. The maximum atomic E-state index is 12.8. The second kappa shape index (κ2) is 19.9. The third-order valence-electron chi connectivity index (χ3n) is 9.64. The molecule has 280 valence electrons.